The molecule has 0 spiro atoms. The molecule has 1 heteroatoms. The largest absolute Gasteiger partial charge is 0.327 e. The minimum Gasteiger partial charge on any atom is -0.327 e. The van der Waals surface area contributed by atoms with Crippen molar-refractivity contribution in [2.75, 3.05) is 0 Å². The highest BCUT2D eigenvalue weighted by Gasteiger charge is 2.07. The zero-order valence-electron chi connectivity index (χ0n) is 11.1. The van der Waals surface area contributed by atoms with Gasteiger partial charge >= 0.3 is 0 Å². The van der Waals surface area contributed by atoms with Gasteiger partial charge in [-0.3, -0.25) is 0 Å². The molecule has 0 heterocycles. The van der Waals surface area contributed by atoms with Gasteiger partial charge < -0.3 is 5.73 Å². The van der Waals surface area contributed by atoms with Gasteiger partial charge in [0.2, 0.25) is 0 Å². The molecular weight excluding hydrogens is 194 g/mol. The lowest BCUT2D eigenvalue weighted by molar-refractivity contribution is 0.494. The van der Waals surface area contributed by atoms with Crippen molar-refractivity contribution >= 4 is 0 Å². The zero-order chi connectivity index (χ0) is 12.1. The fourth-order valence-corrected chi connectivity index (χ4v) is 1.95. The molecule has 0 fully saturated rings. The topological polar surface area (TPSA) is 26.0 Å². The summed E-state index contributed by atoms with van der Waals surface area (Å²) in [7, 11) is 0. The van der Waals surface area contributed by atoms with Crippen LogP contribution in [-0.2, 0) is 6.42 Å². The molecule has 1 aromatic rings. The van der Waals surface area contributed by atoms with Crippen LogP contribution in [0.3, 0.4) is 0 Å². The molecule has 16 heavy (non-hydrogen) atoms. The van der Waals surface area contributed by atoms with Crippen molar-refractivity contribution < 1.29 is 0 Å². The first-order valence-corrected chi connectivity index (χ1v) is 6.30. The summed E-state index contributed by atoms with van der Waals surface area (Å²) < 4.78 is 0. The first-order chi connectivity index (χ1) is 7.49. The fraction of sp³-hybridized carbons (Fsp3) is 0.600. The van der Waals surface area contributed by atoms with E-state index in [9.17, 15) is 0 Å². The summed E-state index contributed by atoms with van der Waals surface area (Å²) in [6, 6.07) is 6.94. The Morgan fingerprint density at radius 1 is 1.12 bits per heavy atom. The van der Waals surface area contributed by atoms with E-state index in [4.69, 9.17) is 5.73 Å². The minimum atomic E-state index is 0.308. The van der Waals surface area contributed by atoms with Gasteiger partial charge in [0.05, 0.1) is 0 Å². The number of benzene rings is 1. The smallest absolute Gasteiger partial charge is 0.00795 e. The summed E-state index contributed by atoms with van der Waals surface area (Å²) in [5.74, 6) is 0.754. The molecule has 0 amide bonds. The van der Waals surface area contributed by atoms with E-state index in [1.165, 1.54) is 23.1 Å². The van der Waals surface area contributed by atoms with E-state index in [1.54, 1.807) is 0 Å². The van der Waals surface area contributed by atoms with Gasteiger partial charge in [-0.1, -0.05) is 37.6 Å². The fourth-order valence-electron chi connectivity index (χ4n) is 1.95. The molecule has 1 unspecified atom stereocenters. The quantitative estimate of drug-likeness (QED) is 0.804. The Hall–Kier alpha value is -0.820. The maximum atomic E-state index is 6.17. The molecule has 1 aromatic carbocycles. The zero-order valence-corrected chi connectivity index (χ0v) is 11.1. The Morgan fingerprint density at radius 3 is 2.44 bits per heavy atom. The first kappa shape index (κ1) is 13.2. The first-order valence-electron chi connectivity index (χ1n) is 6.30. The molecule has 0 radical (unpaired) electrons. The predicted molar refractivity (Wildman–Crippen MR) is 71.7 cm³/mol. The normalized spacial score (nSPS) is 13.1. The van der Waals surface area contributed by atoms with Gasteiger partial charge in [0.15, 0.2) is 0 Å². The van der Waals surface area contributed by atoms with E-state index in [2.05, 4.69) is 45.9 Å². The maximum Gasteiger partial charge on any atom is 0.00795 e. The van der Waals surface area contributed by atoms with Crippen LogP contribution in [0.1, 0.15) is 43.4 Å². The van der Waals surface area contributed by atoms with Crippen molar-refractivity contribution in [3.05, 3.63) is 34.9 Å². The molecule has 0 saturated carbocycles. The molecule has 0 bridgehead atoms. The third-order valence-corrected chi connectivity index (χ3v) is 3.10. The van der Waals surface area contributed by atoms with Crippen LogP contribution in [0.25, 0.3) is 0 Å². The molecule has 0 aliphatic heterocycles. The summed E-state index contributed by atoms with van der Waals surface area (Å²) >= 11 is 0. The lowest BCUT2D eigenvalue weighted by atomic mass is 9.95. The number of hydrogen-bond acceptors (Lipinski definition) is 1. The highest BCUT2D eigenvalue weighted by Crippen LogP contribution is 2.15. The van der Waals surface area contributed by atoms with E-state index in [-0.39, 0.29) is 0 Å². The summed E-state index contributed by atoms with van der Waals surface area (Å²) in [4.78, 5) is 0. The third-order valence-electron chi connectivity index (χ3n) is 3.10. The van der Waals surface area contributed by atoms with Crippen LogP contribution in [0.5, 0.6) is 0 Å². The van der Waals surface area contributed by atoms with Gasteiger partial charge in [-0.2, -0.15) is 0 Å². The van der Waals surface area contributed by atoms with Gasteiger partial charge in [0.1, 0.15) is 0 Å². The monoisotopic (exact) mass is 219 g/mol. The van der Waals surface area contributed by atoms with Crippen molar-refractivity contribution in [3.63, 3.8) is 0 Å². The minimum absolute atomic E-state index is 0.308. The SMILES string of the molecule is Cc1ccc(C)c(CC(N)CCC(C)C)c1. The van der Waals surface area contributed by atoms with Crippen molar-refractivity contribution in [1.82, 2.24) is 0 Å². The molecule has 0 aliphatic rings. The van der Waals surface area contributed by atoms with E-state index in [1.807, 2.05) is 0 Å². The Bertz CT molecular complexity index is 328. The summed E-state index contributed by atoms with van der Waals surface area (Å²) in [5, 5.41) is 0. The Kier molecular flexibility index (Phi) is 5.01. The molecule has 0 aromatic heterocycles. The molecule has 90 valence electrons. The number of nitrogens with two attached hydrogens (primary N) is 1. The van der Waals surface area contributed by atoms with Crippen LogP contribution in [-0.4, -0.2) is 6.04 Å². The second-order valence-electron chi connectivity index (χ2n) is 5.37. The van der Waals surface area contributed by atoms with Crippen LogP contribution in [0.4, 0.5) is 0 Å². The third kappa shape index (κ3) is 4.36. The summed E-state index contributed by atoms with van der Waals surface area (Å²) in [6.07, 6.45) is 3.37. The molecule has 1 atom stereocenters. The molecule has 1 nitrogen and oxygen atoms in total. The standard InChI is InChI=1S/C15H25N/c1-11(2)5-8-15(16)10-14-9-12(3)6-7-13(14)4/h6-7,9,11,15H,5,8,10,16H2,1-4H3. The van der Waals surface area contributed by atoms with Crippen LogP contribution >= 0.6 is 0 Å². The van der Waals surface area contributed by atoms with E-state index >= 15 is 0 Å². The van der Waals surface area contributed by atoms with E-state index < -0.39 is 0 Å². The van der Waals surface area contributed by atoms with Crippen LogP contribution < -0.4 is 5.73 Å². The number of rotatable bonds is 5. The highest BCUT2D eigenvalue weighted by molar-refractivity contribution is 5.31. The van der Waals surface area contributed by atoms with Crippen LogP contribution in [0.2, 0.25) is 0 Å². The second-order valence-corrected chi connectivity index (χ2v) is 5.37. The maximum absolute atomic E-state index is 6.17. The average molecular weight is 219 g/mol. The van der Waals surface area contributed by atoms with Crippen molar-refractivity contribution in [2.24, 2.45) is 11.7 Å². The Morgan fingerprint density at radius 2 is 1.81 bits per heavy atom. The van der Waals surface area contributed by atoms with Gasteiger partial charge in [0.25, 0.3) is 0 Å². The van der Waals surface area contributed by atoms with Crippen LogP contribution in [0, 0.1) is 19.8 Å². The van der Waals surface area contributed by atoms with Gasteiger partial charge in [-0.25, -0.2) is 0 Å². The van der Waals surface area contributed by atoms with Gasteiger partial charge in [0, 0.05) is 6.04 Å². The lowest BCUT2D eigenvalue weighted by Crippen LogP contribution is -2.23. The summed E-state index contributed by atoms with van der Waals surface area (Å²) in [5.41, 5.74) is 10.3. The molecule has 2 N–H and O–H groups in total. The number of hydrogen-bond donors (Lipinski definition) is 1. The van der Waals surface area contributed by atoms with E-state index in [0.717, 1.165) is 18.8 Å². The van der Waals surface area contributed by atoms with Crippen molar-refractivity contribution in [1.29, 1.82) is 0 Å². The Balaban J connectivity index is 2.55. The van der Waals surface area contributed by atoms with E-state index in [0.29, 0.717) is 6.04 Å². The Labute approximate surface area is 100 Å². The van der Waals surface area contributed by atoms with Crippen LogP contribution in [0.15, 0.2) is 18.2 Å². The average Bonchev–Trinajstić information content (AvgIpc) is 2.20. The molecule has 1 rings (SSSR count). The molecule has 0 aliphatic carbocycles. The van der Waals surface area contributed by atoms with Crippen molar-refractivity contribution in [2.45, 2.75) is 53.0 Å². The van der Waals surface area contributed by atoms with Gasteiger partial charge in [-0.15, -0.1) is 0 Å². The van der Waals surface area contributed by atoms with Crippen molar-refractivity contribution in [3.8, 4) is 0 Å². The predicted octanol–water partition coefficient (Wildman–Crippen LogP) is 3.61. The molecular formula is C15H25N. The summed E-state index contributed by atoms with van der Waals surface area (Å²) in [6.45, 7) is 8.82. The highest BCUT2D eigenvalue weighted by atomic mass is 14.6. The molecule has 0 saturated heterocycles. The lowest BCUT2D eigenvalue weighted by Gasteiger charge is -2.15. The second kappa shape index (κ2) is 6.05. The number of aryl methyl sites for hydroxylation is 2. The van der Waals surface area contributed by atoms with Gasteiger partial charge in [-0.05, 0) is 50.2 Å².